The van der Waals surface area contributed by atoms with Crippen molar-refractivity contribution in [2.75, 3.05) is 0 Å². The first-order valence-electron chi connectivity index (χ1n) is 9.92. The van der Waals surface area contributed by atoms with Crippen LogP contribution in [0.5, 0.6) is 0 Å². The molecule has 4 heterocycles. The van der Waals surface area contributed by atoms with Crippen molar-refractivity contribution in [3.05, 3.63) is 93.6 Å². The molecule has 3 aromatic heterocycles. The van der Waals surface area contributed by atoms with Crippen molar-refractivity contribution < 1.29 is 4.79 Å². The van der Waals surface area contributed by atoms with E-state index in [1.165, 1.54) is 11.1 Å². The molecule has 0 bridgehead atoms. The molecule has 1 aliphatic rings. The van der Waals surface area contributed by atoms with E-state index >= 15 is 0 Å². The highest BCUT2D eigenvalue weighted by Gasteiger charge is 2.30. The van der Waals surface area contributed by atoms with Crippen LogP contribution in [0.25, 0.3) is 17.6 Å². The van der Waals surface area contributed by atoms with Gasteiger partial charge >= 0.3 is 0 Å². The monoisotopic (exact) mass is 414 g/mol. The molecule has 6 heteroatoms. The maximum Gasteiger partial charge on any atom is 0.247 e. The van der Waals surface area contributed by atoms with Crippen molar-refractivity contribution in [1.82, 2.24) is 19.2 Å². The maximum atomic E-state index is 12.8. The predicted octanol–water partition coefficient (Wildman–Crippen LogP) is 4.90. The lowest BCUT2D eigenvalue weighted by molar-refractivity contribution is -0.126. The molecule has 0 spiro atoms. The second kappa shape index (κ2) is 7.46. The first-order chi connectivity index (χ1) is 14.6. The fourth-order valence-corrected chi connectivity index (χ4v) is 4.57. The van der Waals surface area contributed by atoms with E-state index < -0.39 is 0 Å². The molecule has 5 nitrogen and oxygen atoms in total. The number of benzene rings is 1. The van der Waals surface area contributed by atoms with Crippen molar-refractivity contribution in [2.24, 2.45) is 0 Å². The Morgan fingerprint density at radius 2 is 1.93 bits per heavy atom. The summed E-state index contributed by atoms with van der Waals surface area (Å²) >= 11 is 1.62. The van der Waals surface area contributed by atoms with Gasteiger partial charge in [0.25, 0.3) is 0 Å². The molecule has 150 valence electrons. The normalized spacial score (nSPS) is 13.3. The zero-order chi connectivity index (χ0) is 20.7. The molecule has 5 rings (SSSR count). The highest BCUT2D eigenvalue weighted by Crippen LogP contribution is 2.31. The number of aromatic nitrogens is 3. The minimum Gasteiger partial charge on any atom is -0.329 e. The van der Waals surface area contributed by atoms with Gasteiger partial charge in [-0.15, -0.1) is 11.3 Å². The second-order valence-corrected chi connectivity index (χ2v) is 8.56. The summed E-state index contributed by atoms with van der Waals surface area (Å²) in [5.74, 6) is 1.01. The minimum atomic E-state index is 0.0120. The van der Waals surface area contributed by atoms with Gasteiger partial charge < -0.3 is 9.47 Å². The first-order valence-corrected chi connectivity index (χ1v) is 10.8. The van der Waals surface area contributed by atoms with E-state index in [1.54, 1.807) is 17.4 Å². The average Bonchev–Trinajstić information content (AvgIpc) is 3.49. The number of aryl methyl sites for hydroxylation is 2. The number of rotatable bonds is 4. The molecule has 0 unspecified atom stereocenters. The van der Waals surface area contributed by atoms with E-state index in [2.05, 4.69) is 36.6 Å². The van der Waals surface area contributed by atoms with Crippen molar-refractivity contribution in [3.63, 3.8) is 0 Å². The Balaban J connectivity index is 1.50. The van der Waals surface area contributed by atoms with Gasteiger partial charge in [-0.2, -0.15) is 5.10 Å². The molecular formula is C24H22N4OS. The standard InChI is InChI=1S/C24H22N4OS/c1-17-7-9-22(18(2)14-17)28-24(26-11-3-4-12-26)20-15-27(16-21(20)25-28)23(29)10-8-19-6-5-13-30-19/h3-14H,15-16H2,1-2H3/b10-8+. The van der Waals surface area contributed by atoms with E-state index in [9.17, 15) is 4.79 Å². The van der Waals surface area contributed by atoms with Gasteiger partial charge in [-0.25, -0.2) is 4.68 Å². The third-order valence-electron chi connectivity index (χ3n) is 5.40. The molecular weight excluding hydrogens is 392 g/mol. The van der Waals surface area contributed by atoms with E-state index in [0.29, 0.717) is 13.1 Å². The van der Waals surface area contributed by atoms with Crippen LogP contribution in [0.15, 0.2) is 66.3 Å². The molecule has 0 fully saturated rings. The van der Waals surface area contributed by atoms with Crippen LogP contribution < -0.4 is 0 Å². The molecule has 1 aliphatic heterocycles. The van der Waals surface area contributed by atoms with Gasteiger partial charge in [-0.3, -0.25) is 4.79 Å². The largest absolute Gasteiger partial charge is 0.329 e. The van der Waals surface area contributed by atoms with Crippen LogP contribution >= 0.6 is 11.3 Å². The Bertz CT molecular complexity index is 1230. The van der Waals surface area contributed by atoms with E-state index in [-0.39, 0.29) is 5.91 Å². The summed E-state index contributed by atoms with van der Waals surface area (Å²) in [5.41, 5.74) is 5.53. The smallest absolute Gasteiger partial charge is 0.247 e. The third-order valence-corrected chi connectivity index (χ3v) is 6.24. The average molecular weight is 415 g/mol. The summed E-state index contributed by atoms with van der Waals surface area (Å²) in [4.78, 5) is 15.7. The number of nitrogens with zero attached hydrogens (tertiary/aromatic N) is 4. The Morgan fingerprint density at radius 3 is 2.67 bits per heavy atom. The molecule has 4 aromatic rings. The van der Waals surface area contributed by atoms with Gasteiger partial charge in [0.1, 0.15) is 5.82 Å². The molecule has 30 heavy (non-hydrogen) atoms. The number of amides is 1. The zero-order valence-electron chi connectivity index (χ0n) is 16.9. The molecule has 0 saturated heterocycles. The SMILES string of the molecule is Cc1ccc(-n2nc3c(c2-n2cccc2)CN(C(=O)/C=C/c2cccs2)C3)c(C)c1. The molecule has 0 atom stereocenters. The molecule has 1 aromatic carbocycles. The third kappa shape index (κ3) is 3.29. The Hall–Kier alpha value is -3.38. The number of thiophene rings is 1. The highest BCUT2D eigenvalue weighted by atomic mass is 32.1. The van der Waals surface area contributed by atoms with Crippen molar-refractivity contribution in [2.45, 2.75) is 26.9 Å². The van der Waals surface area contributed by atoms with Crippen LogP contribution in [-0.4, -0.2) is 25.2 Å². The van der Waals surface area contributed by atoms with Crippen LogP contribution in [0.2, 0.25) is 0 Å². The Labute approximate surface area is 179 Å². The van der Waals surface area contributed by atoms with Gasteiger partial charge in [0, 0.05) is 28.9 Å². The first kappa shape index (κ1) is 18.6. The van der Waals surface area contributed by atoms with Gasteiger partial charge in [-0.05, 0) is 55.1 Å². The lowest BCUT2D eigenvalue weighted by atomic mass is 10.1. The second-order valence-electron chi connectivity index (χ2n) is 7.58. The summed E-state index contributed by atoms with van der Waals surface area (Å²) in [6.45, 7) is 5.29. The number of fused-ring (bicyclic) bond motifs is 1. The van der Waals surface area contributed by atoms with Gasteiger partial charge in [-0.1, -0.05) is 23.8 Å². The lowest BCUT2D eigenvalue weighted by Crippen LogP contribution is -2.24. The van der Waals surface area contributed by atoms with Crippen LogP contribution in [0.3, 0.4) is 0 Å². The van der Waals surface area contributed by atoms with Gasteiger partial charge in [0.2, 0.25) is 5.91 Å². The van der Waals surface area contributed by atoms with Crippen molar-refractivity contribution in [3.8, 4) is 11.5 Å². The number of hydrogen-bond donors (Lipinski definition) is 0. The van der Waals surface area contributed by atoms with Crippen LogP contribution in [0.4, 0.5) is 0 Å². The molecule has 1 amide bonds. The van der Waals surface area contributed by atoms with Crippen LogP contribution in [0.1, 0.15) is 27.3 Å². The maximum absolute atomic E-state index is 12.8. The van der Waals surface area contributed by atoms with Crippen molar-refractivity contribution in [1.29, 1.82) is 0 Å². The summed E-state index contributed by atoms with van der Waals surface area (Å²) < 4.78 is 4.10. The summed E-state index contributed by atoms with van der Waals surface area (Å²) in [6.07, 6.45) is 7.59. The fourth-order valence-electron chi connectivity index (χ4n) is 3.95. The number of hydrogen-bond acceptors (Lipinski definition) is 3. The van der Waals surface area contributed by atoms with Gasteiger partial charge in [0.15, 0.2) is 0 Å². The zero-order valence-corrected chi connectivity index (χ0v) is 17.8. The van der Waals surface area contributed by atoms with E-state index in [4.69, 9.17) is 5.10 Å². The minimum absolute atomic E-state index is 0.0120. The molecule has 0 N–H and O–H groups in total. The van der Waals surface area contributed by atoms with E-state index in [1.807, 2.05) is 57.7 Å². The quantitative estimate of drug-likeness (QED) is 0.446. The lowest BCUT2D eigenvalue weighted by Gasteiger charge is -2.17. The van der Waals surface area contributed by atoms with Crippen molar-refractivity contribution >= 4 is 23.3 Å². The summed E-state index contributed by atoms with van der Waals surface area (Å²) in [5, 5.41) is 6.94. The van der Waals surface area contributed by atoms with Crippen LogP contribution in [0, 0.1) is 13.8 Å². The molecule has 0 radical (unpaired) electrons. The number of carbonyl (C=O) groups is 1. The topological polar surface area (TPSA) is 43.1 Å². The van der Waals surface area contributed by atoms with Crippen LogP contribution in [-0.2, 0) is 17.9 Å². The molecule has 0 saturated carbocycles. The Kier molecular flexibility index (Phi) is 4.64. The number of carbonyl (C=O) groups excluding carboxylic acids is 1. The van der Waals surface area contributed by atoms with E-state index in [0.717, 1.165) is 27.6 Å². The van der Waals surface area contributed by atoms with Gasteiger partial charge in [0.05, 0.1) is 24.5 Å². The summed E-state index contributed by atoms with van der Waals surface area (Å²) in [7, 11) is 0. The predicted molar refractivity (Wildman–Crippen MR) is 120 cm³/mol. The Morgan fingerprint density at radius 1 is 1.10 bits per heavy atom. The summed E-state index contributed by atoms with van der Waals surface area (Å²) in [6, 6.07) is 14.4. The molecule has 0 aliphatic carbocycles. The fraction of sp³-hybridized carbons (Fsp3) is 0.167. The highest BCUT2D eigenvalue weighted by molar-refractivity contribution is 7.10.